The van der Waals surface area contributed by atoms with Crippen molar-refractivity contribution in [2.45, 2.75) is 17.3 Å². The number of H-pyrrole nitrogens is 1. The summed E-state index contributed by atoms with van der Waals surface area (Å²) in [6.45, 7) is 1.78. The van der Waals surface area contributed by atoms with Gasteiger partial charge in [-0.2, -0.15) is 10.2 Å². The molecule has 0 aliphatic carbocycles. The minimum Gasteiger partial charge on any atom is -0.368 e. The average Bonchev–Trinajstić information content (AvgIpc) is 2.35. The zero-order valence-electron chi connectivity index (χ0n) is 5.90. The van der Waals surface area contributed by atoms with Crippen molar-refractivity contribution in [3.63, 3.8) is 0 Å². The van der Waals surface area contributed by atoms with Crippen molar-refractivity contribution in [1.82, 2.24) is 15.2 Å². The van der Waals surface area contributed by atoms with E-state index in [0.717, 1.165) is 0 Å². The first-order chi connectivity index (χ1) is 5.22. The molecule has 1 atom stereocenters. The third-order valence-corrected chi connectivity index (χ3v) is 1.80. The molecule has 0 aromatic carbocycles. The highest BCUT2D eigenvalue weighted by molar-refractivity contribution is 7.99. The van der Waals surface area contributed by atoms with Gasteiger partial charge in [-0.25, -0.2) is 5.10 Å². The summed E-state index contributed by atoms with van der Waals surface area (Å²) in [7, 11) is 0. The average molecular weight is 169 g/mol. The van der Waals surface area contributed by atoms with Crippen LogP contribution in [0, 0.1) is 11.3 Å². The van der Waals surface area contributed by atoms with E-state index < -0.39 is 0 Å². The van der Waals surface area contributed by atoms with Gasteiger partial charge in [0, 0.05) is 0 Å². The SMILES string of the molecule is CC(C#N)Sc1n[nH]c(N)n1. The molecule has 0 saturated carbocycles. The van der Waals surface area contributed by atoms with Crippen LogP contribution in [-0.2, 0) is 0 Å². The monoisotopic (exact) mass is 169 g/mol. The van der Waals surface area contributed by atoms with Crippen LogP contribution in [-0.4, -0.2) is 20.4 Å². The fourth-order valence-electron chi connectivity index (χ4n) is 0.495. The predicted octanol–water partition coefficient (Wildman–Crippen LogP) is 0.391. The van der Waals surface area contributed by atoms with Crippen molar-refractivity contribution in [2.24, 2.45) is 0 Å². The maximum atomic E-state index is 8.44. The fraction of sp³-hybridized carbons (Fsp3) is 0.400. The van der Waals surface area contributed by atoms with Gasteiger partial charge in [-0.15, -0.1) is 5.10 Å². The molecule has 11 heavy (non-hydrogen) atoms. The van der Waals surface area contributed by atoms with E-state index in [9.17, 15) is 0 Å². The number of nitrogen functional groups attached to an aromatic ring is 1. The largest absolute Gasteiger partial charge is 0.368 e. The van der Waals surface area contributed by atoms with Crippen molar-refractivity contribution in [3.05, 3.63) is 0 Å². The van der Waals surface area contributed by atoms with Gasteiger partial charge in [0.2, 0.25) is 11.1 Å². The molecule has 5 nitrogen and oxygen atoms in total. The molecule has 1 heterocycles. The number of nitriles is 1. The van der Waals surface area contributed by atoms with Gasteiger partial charge in [0.05, 0.1) is 11.3 Å². The minimum absolute atomic E-state index is 0.148. The summed E-state index contributed by atoms with van der Waals surface area (Å²) in [5.41, 5.74) is 5.27. The van der Waals surface area contributed by atoms with Crippen molar-refractivity contribution >= 4 is 17.7 Å². The molecule has 1 unspecified atom stereocenters. The third kappa shape index (κ3) is 2.13. The Morgan fingerprint density at radius 3 is 3.00 bits per heavy atom. The van der Waals surface area contributed by atoms with E-state index in [1.165, 1.54) is 11.8 Å². The number of nitrogens with two attached hydrogens (primary N) is 1. The third-order valence-electron chi connectivity index (χ3n) is 0.946. The number of hydrogen-bond donors (Lipinski definition) is 2. The molecule has 0 spiro atoms. The van der Waals surface area contributed by atoms with E-state index in [2.05, 4.69) is 21.3 Å². The lowest BCUT2D eigenvalue weighted by Crippen LogP contribution is -1.90. The Balaban J connectivity index is 2.59. The van der Waals surface area contributed by atoms with Gasteiger partial charge in [-0.3, -0.25) is 0 Å². The Kier molecular flexibility index (Phi) is 2.33. The maximum Gasteiger partial charge on any atom is 0.216 e. The van der Waals surface area contributed by atoms with Crippen LogP contribution in [0.5, 0.6) is 0 Å². The van der Waals surface area contributed by atoms with Crippen LogP contribution in [0.3, 0.4) is 0 Å². The lowest BCUT2D eigenvalue weighted by atomic mass is 10.5. The highest BCUT2D eigenvalue weighted by Gasteiger charge is 2.06. The molecule has 1 aromatic heterocycles. The first kappa shape index (κ1) is 7.88. The Morgan fingerprint density at radius 2 is 2.55 bits per heavy atom. The van der Waals surface area contributed by atoms with Crippen molar-refractivity contribution < 1.29 is 0 Å². The molecule has 6 heteroatoms. The van der Waals surface area contributed by atoms with Crippen molar-refractivity contribution in [1.29, 1.82) is 5.26 Å². The standard InChI is InChI=1S/C5H7N5S/c1-3(2-6)11-5-8-4(7)9-10-5/h3H,1H3,(H3,7,8,9,10). The van der Waals surface area contributed by atoms with Crippen molar-refractivity contribution in [2.75, 3.05) is 5.73 Å². The molecule has 0 bridgehead atoms. The lowest BCUT2D eigenvalue weighted by Gasteiger charge is -1.93. The quantitative estimate of drug-likeness (QED) is 0.625. The molecule has 0 saturated heterocycles. The van der Waals surface area contributed by atoms with Gasteiger partial charge >= 0.3 is 0 Å². The number of thioether (sulfide) groups is 1. The van der Waals surface area contributed by atoms with Gasteiger partial charge in [0.25, 0.3) is 0 Å². The van der Waals surface area contributed by atoms with Gasteiger partial charge < -0.3 is 5.73 Å². The summed E-state index contributed by atoms with van der Waals surface area (Å²) in [6.07, 6.45) is 0. The first-order valence-corrected chi connectivity index (χ1v) is 3.84. The van der Waals surface area contributed by atoms with Crippen LogP contribution >= 0.6 is 11.8 Å². The number of aromatic amines is 1. The fourth-order valence-corrected chi connectivity index (χ4v) is 1.11. The zero-order chi connectivity index (χ0) is 8.27. The summed E-state index contributed by atoms with van der Waals surface area (Å²) in [6, 6.07) is 2.05. The Morgan fingerprint density at radius 1 is 1.82 bits per heavy atom. The number of rotatable bonds is 2. The molecule has 0 aliphatic heterocycles. The second-order valence-corrected chi connectivity index (χ2v) is 3.20. The molecule has 58 valence electrons. The second-order valence-electron chi connectivity index (χ2n) is 1.89. The number of nitrogens with zero attached hydrogens (tertiary/aromatic N) is 3. The van der Waals surface area contributed by atoms with E-state index in [1.807, 2.05) is 0 Å². The van der Waals surface area contributed by atoms with Crippen LogP contribution in [0.25, 0.3) is 0 Å². The smallest absolute Gasteiger partial charge is 0.216 e. The predicted molar refractivity (Wildman–Crippen MR) is 41.7 cm³/mol. The number of anilines is 1. The van der Waals surface area contributed by atoms with Crippen LogP contribution in [0.15, 0.2) is 5.16 Å². The van der Waals surface area contributed by atoms with E-state index in [4.69, 9.17) is 11.0 Å². The molecule has 0 fully saturated rings. The second kappa shape index (κ2) is 3.25. The molecule has 1 aromatic rings. The number of hydrogen-bond acceptors (Lipinski definition) is 5. The van der Waals surface area contributed by atoms with Crippen LogP contribution < -0.4 is 5.73 Å². The van der Waals surface area contributed by atoms with Crippen LogP contribution in [0.2, 0.25) is 0 Å². The highest BCUT2D eigenvalue weighted by Crippen LogP contribution is 2.17. The first-order valence-electron chi connectivity index (χ1n) is 2.96. The highest BCUT2D eigenvalue weighted by atomic mass is 32.2. The van der Waals surface area contributed by atoms with E-state index in [0.29, 0.717) is 5.16 Å². The summed E-state index contributed by atoms with van der Waals surface area (Å²) in [4.78, 5) is 3.82. The van der Waals surface area contributed by atoms with E-state index in [-0.39, 0.29) is 11.2 Å². The Hall–Kier alpha value is -1.22. The van der Waals surface area contributed by atoms with Gasteiger partial charge in [0.1, 0.15) is 0 Å². The number of aromatic nitrogens is 3. The molecular formula is C5H7N5S. The summed E-state index contributed by atoms with van der Waals surface area (Å²) in [5, 5.41) is 15.0. The van der Waals surface area contributed by atoms with E-state index >= 15 is 0 Å². The zero-order valence-corrected chi connectivity index (χ0v) is 6.72. The van der Waals surface area contributed by atoms with Crippen molar-refractivity contribution in [3.8, 4) is 6.07 Å². The molecule has 3 N–H and O–H groups in total. The summed E-state index contributed by atoms with van der Waals surface area (Å²) in [5.74, 6) is 0.276. The Labute approximate surface area is 68.0 Å². The van der Waals surface area contributed by atoms with Gasteiger partial charge in [0.15, 0.2) is 0 Å². The lowest BCUT2D eigenvalue weighted by molar-refractivity contribution is 0.970. The maximum absolute atomic E-state index is 8.44. The molecular weight excluding hydrogens is 162 g/mol. The molecule has 0 radical (unpaired) electrons. The molecule has 0 amide bonds. The van der Waals surface area contributed by atoms with Crippen LogP contribution in [0.4, 0.5) is 5.95 Å². The van der Waals surface area contributed by atoms with E-state index in [1.54, 1.807) is 6.92 Å². The topological polar surface area (TPSA) is 91.4 Å². The number of nitrogens with one attached hydrogen (secondary N) is 1. The summed E-state index contributed by atoms with van der Waals surface area (Å²) < 4.78 is 0. The normalized spacial score (nSPS) is 12.4. The molecule has 0 aliphatic rings. The van der Waals surface area contributed by atoms with Gasteiger partial charge in [-0.05, 0) is 6.92 Å². The minimum atomic E-state index is -0.148. The Bertz CT molecular complexity index is 275. The molecule has 1 rings (SSSR count). The van der Waals surface area contributed by atoms with Crippen LogP contribution in [0.1, 0.15) is 6.92 Å². The summed E-state index contributed by atoms with van der Waals surface area (Å²) >= 11 is 1.27. The van der Waals surface area contributed by atoms with Gasteiger partial charge in [-0.1, -0.05) is 11.8 Å².